The summed E-state index contributed by atoms with van der Waals surface area (Å²) < 4.78 is 5.80. The standard InChI is InChI=1S/C27H40O2/c1-3-5-6-8-22-9-13-23(14-10-22)24-15-17-25(18-16-24)27(28)29-26-19-11-21(7-4-2)12-20-26/h13,15-18,21-22,26H,3-12,14,19-20H2,1-2H3/t21-,22?,26-. The van der Waals surface area contributed by atoms with Gasteiger partial charge < -0.3 is 4.74 Å². The van der Waals surface area contributed by atoms with Gasteiger partial charge in [0.25, 0.3) is 0 Å². The molecular weight excluding hydrogens is 356 g/mol. The third-order valence-corrected chi connectivity index (χ3v) is 6.99. The number of esters is 1. The lowest BCUT2D eigenvalue weighted by molar-refractivity contribution is 0.0161. The number of rotatable bonds is 9. The van der Waals surface area contributed by atoms with Gasteiger partial charge in [0.05, 0.1) is 5.56 Å². The molecule has 2 aliphatic carbocycles. The Kier molecular flexibility index (Phi) is 8.83. The van der Waals surface area contributed by atoms with Gasteiger partial charge in [-0.2, -0.15) is 0 Å². The van der Waals surface area contributed by atoms with Gasteiger partial charge in [-0.1, -0.05) is 70.6 Å². The molecule has 0 heterocycles. The lowest BCUT2D eigenvalue weighted by Crippen LogP contribution is -2.24. The van der Waals surface area contributed by atoms with Gasteiger partial charge in [-0.15, -0.1) is 0 Å². The molecule has 0 spiro atoms. The van der Waals surface area contributed by atoms with Crippen molar-refractivity contribution in [3.63, 3.8) is 0 Å². The summed E-state index contributed by atoms with van der Waals surface area (Å²) in [7, 11) is 0. The van der Waals surface area contributed by atoms with E-state index < -0.39 is 0 Å². The van der Waals surface area contributed by atoms with Gasteiger partial charge in [0.2, 0.25) is 0 Å². The molecule has 1 aromatic carbocycles. The van der Waals surface area contributed by atoms with Crippen molar-refractivity contribution in [2.24, 2.45) is 11.8 Å². The number of hydrogen-bond donors (Lipinski definition) is 0. The van der Waals surface area contributed by atoms with E-state index in [1.807, 2.05) is 12.1 Å². The Bertz CT molecular complexity index is 650. The fraction of sp³-hybridized carbons (Fsp3) is 0.667. The van der Waals surface area contributed by atoms with Crippen LogP contribution in [0.1, 0.15) is 113 Å². The Hall–Kier alpha value is -1.57. The topological polar surface area (TPSA) is 26.3 Å². The van der Waals surface area contributed by atoms with Gasteiger partial charge in [0.1, 0.15) is 6.10 Å². The van der Waals surface area contributed by atoms with Crippen molar-refractivity contribution < 1.29 is 9.53 Å². The van der Waals surface area contributed by atoms with E-state index in [1.54, 1.807) is 0 Å². The molecule has 0 bridgehead atoms. The van der Waals surface area contributed by atoms with Crippen molar-refractivity contribution >= 4 is 11.5 Å². The fourth-order valence-corrected chi connectivity index (χ4v) is 5.08. The maximum Gasteiger partial charge on any atom is 0.338 e. The molecule has 1 unspecified atom stereocenters. The summed E-state index contributed by atoms with van der Waals surface area (Å²) in [5.41, 5.74) is 3.41. The van der Waals surface area contributed by atoms with Crippen LogP contribution in [0.3, 0.4) is 0 Å². The molecule has 1 saturated carbocycles. The van der Waals surface area contributed by atoms with Crippen LogP contribution >= 0.6 is 0 Å². The monoisotopic (exact) mass is 396 g/mol. The Balaban J connectivity index is 1.47. The number of allylic oxidation sites excluding steroid dienone is 2. The zero-order valence-corrected chi connectivity index (χ0v) is 18.6. The highest BCUT2D eigenvalue weighted by Gasteiger charge is 2.24. The van der Waals surface area contributed by atoms with E-state index in [4.69, 9.17) is 4.74 Å². The largest absolute Gasteiger partial charge is 0.459 e. The van der Waals surface area contributed by atoms with E-state index in [1.165, 1.54) is 81.8 Å². The van der Waals surface area contributed by atoms with E-state index in [0.717, 1.165) is 24.7 Å². The Morgan fingerprint density at radius 2 is 1.66 bits per heavy atom. The molecule has 0 aromatic heterocycles. The molecule has 2 aliphatic rings. The molecule has 0 aliphatic heterocycles. The van der Waals surface area contributed by atoms with Crippen molar-refractivity contribution in [1.29, 1.82) is 0 Å². The average Bonchev–Trinajstić information content (AvgIpc) is 2.76. The van der Waals surface area contributed by atoms with E-state index in [0.29, 0.717) is 5.56 Å². The van der Waals surface area contributed by atoms with Gasteiger partial charge in [-0.05, 0) is 80.1 Å². The summed E-state index contributed by atoms with van der Waals surface area (Å²) >= 11 is 0. The van der Waals surface area contributed by atoms with Crippen LogP contribution in [-0.4, -0.2) is 12.1 Å². The molecule has 29 heavy (non-hydrogen) atoms. The summed E-state index contributed by atoms with van der Waals surface area (Å²) in [5.74, 6) is 1.56. The van der Waals surface area contributed by atoms with E-state index in [2.05, 4.69) is 32.1 Å². The second-order valence-corrected chi connectivity index (χ2v) is 9.28. The van der Waals surface area contributed by atoms with Crippen molar-refractivity contribution in [1.82, 2.24) is 0 Å². The zero-order valence-electron chi connectivity index (χ0n) is 18.6. The number of unbranched alkanes of at least 4 members (excludes halogenated alkanes) is 2. The third kappa shape index (κ3) is 6.73. The van der Waals surface area contributed by atoms with E-state index in [-0.39, 0.29) is 12.1 Å². The third-order valence-electron chi connectivity index (χ3n) is 6.99. The van der Waals surface area contributed by atoms with Crippen LogP contribution in [0.25, 0.3) is 5.57 Å². The zero-order chi connectivity index (χ0) is 20.5. The van der Waals surface area contributed by atoms with Crippen LogP contribution in [0.15, 0.2) is 30.3 Å². The molecule has 1 atom stereocenters. The first-order chi connectivity index (χ1) is 14.2. The molecule has 0 saturated heterocycles. The quantitative estimate of drug-likeness (QED) is 0.312. The molecule has 2 nitrogen and oxygen atoms in total. The van der Waals surface area contributed by atoms with Crippen molar-refractivity contribution in [3.05, 3.63) is 41.5 Å². The molecule has 0 N–H and O–H groups in total. The number of hydrogen-bond acceptors (Lipinski definition) is 2. The van der Waals surface area contributed by atoms with Crippen molar-refractivity contribution in [2.75, 3.05) is 0 Å². The second kappa shape index (κ2) is 11.6. The Morgan fingerprint density at radius 3 is 2.28 bits per heavy atom. The van der Waals surface area contributed by atoms with Gasteiger partial charge in [0, 0.05) is 0 Å². The first-order valence-corrected chi connectivity index (χ1v) is 12.2. The second-order valence-electron chi connectivity index (χ2n) is 9.28. The Morgan fingerprint density at radius 1 is 0.897 bits per heavy atom. The highest BCUT2D eigenvalue weighted by atomic mass is 16.5. The first kappa shape index (κ1) is 22.1. The normalized spacial score (nSPS) is 24.8. The molecule has 0 radical (unpaired) electrons. The van der Waals surface area contributed by atoms with Crippen LogP contribution in [0.4, 0.5) is 0 Å². The maximum absolute atomic E-state index is 12.5. The molecule has 0 amide bonds. The summed E-state index contributed by atoms with van der Waals surface area (Å²) in [6, 6.07) is 8.12. The summed E-state index contributed by atoms with van der Waals surface area (Å²) in [6.07, 6.45) is 18.7. The minimum absolute atomic E-state index is 0.112. The first-order valence-electron chi connectivity index (χ1n) is 12.2. The number of benzene rings is 1. The molecule has 2 heteroatoms. The molecule has 1 fully saturated rings. The van der Waals surface area contributed by atoms with Crippen LogP contribution in [0, 0.1) is 11.8 Å². The molecule has 160 valence electrons. The molecule has 1 aromatic rings. The fourth-order valence-electron chi connectivity index (χ4n) is 5.08. The number of carbonyl (C=O) groups is 1. The minimum Gasteiger partial charge on any atom is -0.459 e. The van der Waals surface area contributed by atoms with Crippen LogP contribution in [0.2, 0.25) is 0 Å². The lowest BCUT2D eigenvalue weighted by Gasteiger charge is -2.28. The van der Waals surface area contributed by atoms with Gasteiger partial charge in [0.15, 0.2) is 0 Å². The van der Waals surface area contributed by atoms with Gasteiger partial charge in [-0.25, -0.2) is 4.79 Å². The highest BCUT2D eigenvalue weighted by Crippen LogP contribution is 2.33. The predicted octanol–water partition coefficient (Wildman–Crippen LogP) is 7.97. The number of carbonyl (C=O) groups excluding carboxylic acids is 1. The van der Waals surface area contributed by atoms with Crippen molar-refractivity contribution in [3.8, 4) is 0 Å². The highest BCUT2D eigenvalue weighted by molar-refractivity contribution is 5.90. The van der Waals surface area contributed by atoms with Gasteiger partial charge >= 0.3 is 5.97 Å². The van der Waals surface area contributed by atoms with Gasteiger partial charge in [-0.3, -0.25) is 0 Å². The molecule has 3 rings (SSSR count). The van der Waals surface area contributed by atoms with Crippen LogP contribution in [-0.2, 0) is 4.74 Å². The minimum atomic E-state index is -0.149. The Labute approximate surface area is 178 Å². The smallest absolute Gasteiger partial charge is 0.338 e. The number of ether oxygens (including phenoxy) is 1. The van der Waals surface area contributed by atoms with Crippen LogP contribution in [0.5, 0.6) is 0 Å². The van der Waals surface area contributed by atoms with E-state index in [9.17, 15) is 4.79 Å². The summed E-state index contributed by atoms with van der Waals surface area (Å²) in [4.78, 5) is 12.5. The lowest BCUT2D eigenvalue weighted by atomic mass is 9.84. The average molecular weight is 397 g/mol. The SMILES string of the molecule is CCCCCC1CC=C(c2ccc(C(=O)O[C@H]3CC[C@H](CCC)CC3)cc2)CC1. The molecular formula is C27H40O2. The summed E-state index contributed by atoms with van der Waals surface area (Å²) in [6.45, 7) is 4.53. The maximum atomic E-state index is 12.5. The van der Waals surface area contributed by atoms with Crippen LogP contribution < -0.4 is 0 Å². The predicted molar refractivity (Wildman–Crippen MR) is 122 cm³/mol. The van der Waals surface area contributed by atoms with Crippen molar-refractivity contribution in [2.45, 2.75) is 103 Å². The van der Waals surface area contributed by atoms with E-state index >= 15 is 0 Å². The summed E-state index contributed by atoms with van der Waals surface area (Å²) in [5, 5.41) is 0.